The minimum absolute atomic E-state index is 0.0330. The first-order chi connectivity index (χ1) is 41.2. The number of nitrogens with zero attached hydrogens (tertiary/aromatic N) is 12. The van der Waals surface area contributed by atoms with E-state index in [1.54, 1.807) is 82.6 Å². The average molecular weight is 1230 g/mol. The van der Waals surface area contributed by atoms with E-state index in [-0.39, 0.29) is 17.3 Å². The topological polar surface area (TPSA) is 237 Å². The molecule has 0 unspecified atom stereocenters. The van der Waals surface area contributed by atoms with E-state index < -0.39 is 51.1 Å². The molecule has 0 fully saturated rings. The second kappa shape index (κ2) is 38.4. The van der Waals surface area contributed by atoms with Crippen molar-refractivity contribution in [2.24, 2.45) is 0 Å². The van der Waals surface area contributed by atoms with Crippen molar-refractivity contribution in [3.05, 3.63) is 282 Å². The van der Waals surface area contributed by atoms with Gasteiger partial charge in [0, 0.05) is 65.9 Å². The molecule has 0 amide bonds. The molecule has 8 heterocycles. The Morgan fingerprint density at radius 1 is 0.443 bits per heavy atom. The summed E-state index contributed by atoms with van der Waals surface area (Å²) in [6, 6.07) is 33.6. The van der Waals surface area contributed by atoms with Crippen molar-refractivity contribution >= 4 is 11.5 Å². The van der Waals surface area contributed by atoms with Crippen molar-refractivity contribution in [2.75, 3.05) is 0 Å². The molecule has 0 radical (unpaired) electrons. The summed E-state index contributed by atoms with van der Waals surface area (Å²) in [4.78, 5) is 48.1. The van der Waals surface area contributed by atoms with Crippen molar-refractivity contribution < 1.29 is 58.1 Å². The third-order valence-corrected chi connectivity index (χ3v) is 10.2. The minimum atomic E-state index is -4.33. The lowest BCUT2D eigenvalue weighted by atomic mass is 10.1. The van der Waals surface area contributed by atoms with Crippen LogP contribution in [0.15, 0.2) is 171 Å². The fourth-order valence-corrected chi connectivity index (χ4v) is 5.48. The average Bonchev–Trinajstić information content (AvgIpc) is 3.64. The van der Waals surface area contributed by atoms with Gasteiger partial charge in [-0.2, -0.15) is 54.4 Å². The van der Waals surface area contributed by atoms with E-state index >= 15 is 0 Å². The third kappa shape index (κ3) is 33.1. The first kappa shape index (κ1) is 75.4. The summed E-state index contributed by atoms with van der Waals surface area (Å²) in [5, 5.41) is 36.8. The van der Waals surface area contributed by atoms with Gasteiger partial charge in [-0.3, -0.25) is 35.0 Å². The maximum absolute atomic E-state index is 12.2. The van der Waals surface area contributed by atoms with Gasteiger partial charge in [-0.05, 0) is 172 Å². The Morgan fingerprint density at radius 2 is 0.932 bits per heavy atom. The van der Waals surface area contributed by atoms with E-state index in [1.807, 2.05) is 58.9 Å². The van der Waals surface area contributed by atoms with E-state index in [0.717, 1.165) is 63.7 Å². The van der Waals surface area contributed by atoms with Crippen LogP contribution < -0.4 is 0 Å². The molecule has 0 N–H and O–H groups in total. The van der Waals surface area contributed by atoms with Crippen LogP contribution in [0.25, 0.3) is 0 Å². The summed E-state index contributed by atoms with van der Waals surface area (Å²) >= 11 is 0. The third-order valence-electron chi connectivity index (χ3n) is 10.2. The lowest BCUT2D eigenvalue weighted by Crippen LogP contribution is -2.08. The molecule has 27 heteroatoms. The van der Waals surface area contributed by atoms with E-state index in [1.165, 1.54) is 79.5 Å². The molecule has 0 atom stereocenters. The fraction of sp³-hybridized carbons (Fsp3) is 0.213. The fourth-order valence-electron chi connectivity index (χ4n) is 5.48. The standard InChI is InChI=1S/C9H9F3.2C7H6F3N.2C7H6N2.2C6H6FN.2C6H6N2O2/c1-2-7-5-3-4-6-8(7)9(10,11)12;1-5-2-3-6(4-11-5)7(8,9)10;1-5-2-3-6(11-4-5)7(8,9)10;1-6-2-3-7(4-8)5-9-6;1-6-2-3-7(4-8)9-5-6;1-5-2-3-6(7)4-8-5;1-5-2-3-6(7)8-4-5;1-5-2-3-6(4-7-5)8(9)10;1-5-2-3-6(7-4-5)8(9)10/h3-6H,2H2,1H3;2*2-4H,1H3;2*2-3,5H,1H3;2*2-4H,1H3;2*2-4H,1H3. The largest absolute Gasteiger partial charge is 0.433 e. The molecule has 0 saturated carbocycles. The highest BCUT2D eigenvalue weighted by Crippen LogP contribution is 2.32. The van der Waals surface area contributed by atoms with Gasteiger partial charge < -0.3 is 10.1 Å². The Hall–Kier alpha value is -10.6. The van der Waals surface area contributed by atoms with Crippen LogP contribution >= 0.6 is 0 Å². The smallest absolute Gasteiger partial charge is 0.358 e. The van der Waals surface area contributed by atoms with Gasteiger partial charge in [-0.15, -0.1) is 0 Å². The molecule has 9 aromatic rings. The van der Waals surface area contributed by atoms with E-state index in [9.17, 15) is 68.5 Å². The number of nitriles is 2. The Morgan fingerprint density at radius 3 is 1.26 bits per heavy atom. The highest BCUT2D eigenvalue weighted by atomic mass is 19.4. The molecule has 0 spiro atoms. The number of nitro groups is 2. The number of aromatic nitrogens is 8. The number of benzene rings is 1. The molecule has 9 rings (SSSR count). The molecule has 16 nitrogen and oxygen atoms in total. The Bertz CT molecular complexity index is 3300. The molecule has 0 aliphatic rings. The molecular formula is C61H57F11N12O4. The SMILES string of the molecule is CCc1ccccc1C(F)(F)F.Cc1ccc(C#N)cn1.Cc1ccc(C#N)nc1.Cc1ccc(C(F)(F)F)cn1.Cc1ccc(C(F)(F)F)nc1.Cc1ccc(F)cn1.Cc1ccc(F)nc1.Cc1ccc([N+](=O)[O-])cn1.Cc1ccc([N+](=O)[O-])nc1. The molecule has 0 bridgehead atoms. The molecule has 0 aliphatic heterocycles. The second-order valence-electron chi connectivity index (χ2n) is 17.7. The zero-order valence-electron chi connectivity index (χ0n) is 48.5. The van der Waals surface area contributed by atoms with Crippen LogP contribution in [0.5, 0.6) is 0 Å². The van der Waals surface area contributed by atoms with E-state index in [0.29, 0.717) is 28.9 Å². The van der Waals surface area contributed by atoms with Crippen LogP contribution in [0.4, 0.5) is 59.8 Å². The number of halogens is 11. The van der Waals surface area contributed by atoms with Crippen LogP contribution in [0.2, 0.25) is 0 Å². The minimum Gasteiger partial charge on any atom is -0.358 e. The van der Waals surface area contributed by atoms with Crippen molar-refractivity contribution in [1.82, 2.24) is 39.9 Å². The van der Waals surface area contributed by atoms with Crippen LogP contribution in [0, 0.1) is 110 Å². The number of alkyl halides is 9. The number of rotatable bonds is 3. The summed E-state index contributed by atoms with van der Waals surface area (Å²) < 4.78 is 132. The first-order valence-corrected chi connectivity index (χ1v) is 25.3. The Balaban J connectivity index is 0.000000496. The normalized spacial score (nSPS) is 10.0. The molecule has 8 aromatic heterocycles. The van der Waals surface area contributed by atoms with Gasteiger partial charge in [0.15, 0.2) is 0 Å². The Kier molecular flexibility index (Phi) is 32.9. The van der Waals surface area contributed by atoms with Gasteiger partial charge in [-0.25, -0.2) is 14.4 Å². The zero-order chi connectivity index (χ0) is 66.6. The molecular weight excluding hydrogens is 1170 g/mol. The number of pyridine rings is 8. The van der Waals surface area contributed by atoms with Gasteiger partial charge in [-0.1, -0.05) is 43.3 Å². The summed E-state index contributed by atoms with van der Waals surface area (Å²) in [5.74, 6) is -0.809. The predicted molar refractivity (Wildman–Crippen MR) is 305 cm³/mol. The monoisotopic (exact) mass is 1230 g/mol. The predicted octanol–water partition coefficient (Wildman–Crippen LogP) is 16.3. The van der Waals surface area contributed by atoms with Gasteiger partial charge in [0.2, 0.25) is 5.95 Å². The van der Waals surface area contributed by atoms with Gasteiger partial charge in [0.05, 0.1) is 27.8 Å². The summed E-state index contributed by atoms with van der Waals surface area (Å²) in [6.07, 6.45) is -1.72. The van der Waals surface area contributed by atoms with Crippen LogP contribution in [0.3, 0.4) is 0 Å². The molecule has 462 valence electrons. The number of hydrogen-bond acceptors (Lipinski definition) is 14. The van der Waals surface area contributed by atoms with Crippen LogP contribution in [-0.4, -0.2) is 49.7 Å². The number of aryl methyl sites for hydroxylation is 9. The molecule has 88 heavy (non-hydrogen) atoms. The van der Waals surface area contributed by atoms with Crippen molar-refractivity contribution in [2.45, 2.75) is 87.3 Å². The second-order valence-corrected chi connectivity index (χ2v) is 17.7. The summed E-state index contributed by atoms with van der Waals surface area (Å²) in [6.45, 7) is 16.2. The van der Waals surface area contributed by atoms with Crippen molar-refractivity contribution in [1.29, 1.82) is 10.5 Å². The molecule has 0 aliphatic carbocycles. The summed E-state index contributed by atoms with van der Waals surface area (Å²) in [5.41, 5.74) is 6.24. The van der Waals surface area contributed by atoms with E-state index in [2.05, 4.69) is 39.9 Å². The van der Waals surface area contributed by atoms with Crippen LogP contribution in [0.1, 0.15) is 85.6 Å². The van der Waals surface area contributed by atoms with Crippen molar-refractivity contribution in [3.8, 4) is 12.1 Å². The quantitative estimate of drug-likeness (QED) is 0.0692. The Labute approximate surface area is 499 Å². The maximum Gasteiger partial charge on any atom is 0.433 e. The van der Waals surface area contributed by atoms with Gasteiger partial charge >= 0.3 is 24.3 Å². The van der Waals surface area contributed by atoms with Crippen LogP contribution in [-0.2, 0) is 24.9 Å². The highest BCUT2D eigenvalue weighted by molar-refractivity contribution is 5.30. The lowest BCUT2D eigenvalue weighted by molar-refractivity contribution is -0.389. The first-order valence-electron chi connectivity index (χ1n) is 25.3. The number of hydrogen-bond donors (Lipinski definition) is 0. The molecule has 1 aromatic carbocycles. The summed E-state index contributed by atoms with van der Waals surface area (Å²) in [7, 11) is 0. The zero-order valence-corrected chi connectivity index (χ0v) is 48.5. The molecule has 0 saturated heterocycles. The van der Waals surface area contributed by atoms with Gasteiger partial charge in [0.1, 0.15) is 41.7 Å². The highest BCUT2D eigenvalue weighted by Gasteiger charge is 2.33. The maximum atomic E-state index is 12.2. The lowest BCUT2D eigenvalue weighted by Gasteiger charge is -2.10. The van der Waals surface area contributed by atoms with Crippen molar-refractivity contribution in [3.63, 3.8) is 0 Å². The van der Waals surface area contributed by atoms with Gasteiger partial charge in [0.25, 0.3) is 5.69 Å². The van der Waals surface area contributed by atoms with E-state index in [4.69, 9.17) is 10.5 Å².